The van der Waals surface area contributed by atoms with Crippen molar-refractivity contribution in [1.82, 2.24) is 0 Å². The predicted octanol–water partition coefficient (Wildman–Crippen LogP) is -2.02. The SMILES string of the molecule is OC[C@H]1O[C@H](OCCCC2CO2)[C@H](O)[C@@H](O)[C@@H]1O. The highest BCUT2D eigenvalue weighted by molar-refractivity contribution is 4.88. The van der Waals surface area contributed by atoms with E-state index in [1.54, 1.807) is 0 Å². The number of epoxide rings is 1. The molecule has 6 atom stereocenters. The smallest absolute Gasteiger partial charge is 0.186 e. The molecule has 0 aliphatic carbocycles. The van der Waals surface area contributed by atoms with Crippen LogP contribution in [-0.2, 0) is 14.2 Å². The Balaban J connectivity index is 1.74. The maximum atomic E-state index is 9.68. The topological polar surface area (TPSA) is 112 Å². The number of hydrogen-bond donors (Lipinski definition) is 4. The Kier molecular flexibility index (Phi) is 4.91. The average Bonchev–Trinajstić information content (AvgIpc) is 3.18. The molecule has 2 heterocycles. The van der Waals surface area contributed by atoms with E-state index in [-0.39, 0.29) is 0 Å². The maximum Gasteiger partial charge on any atom is 0.186 e. The summed E-state index contributed by atoms with van der Waals surface area (Å²) in [6.07, 6.45) is -4.02. The number of rotatable bonds is 6. The zero-order valence-corrected chi connectivity index (χ0v) is 10.0. The molecule has 0 aromatic rings. The molecule has 0 aromatic heterocycles. The standard InChI is InChI=1S/C11H20O7/c12-4-7-8(13)9(14)10(15)11(18-7)16-3-1-2-6-5-17-6/h6-15H,1-5H2/t6?,7-,8-,9+,10-,11+/m1/s1. The summed E-state index contributed by atoms with van der Waals surface area (Å²) in [6.45, 7) is 0.712. The fourth-order valence-electron chi connectivity index (χ4n) is 1.95. The summed E-state index contributed by atoms with van der Waals surface area (Å²) in [4.78, 5) is 0. The Hall–Kier alpha value is -0.280. The van der Waals surface area contributed by atoms with Gasteiger partial charge in [0.25, 0.3) is 0 Å². The van der Waals surface area contributed by atoms with Gasteiger partial charge in [-0.2, -0.15) is 0 Å². The van der Waals surface area contributed by atoms with E-state index in [0.717, 1.165) is 19.4 Å². The van der Waals surface area contributed by atoms with Crippen LogP contribution in [0.5, 0.6) is 0 Å². The van der Waals surface area contributed by atoms with Gasteiger partial charge < -0.3 is 34.6 Å². The minimum Gasteiger partial charge on any atom is -0.394 e. The summed E-state index contributed by atoms with van der Waals surface area (Å²) in [6, 6.07) is 0. The zero-order valence-electron chi connectivity index (χ0n) is 10.0. The number of hydrogen-bond acceptors (Lipinski definition) is 7. The van der Waals surface area contributed by atoms with Gasteiger partial charge >= 0.3 is 0 Å². The lowest BCUT2D eigenvalue weighted by molar-refractivity contribution is -0.301. The van der Waals surface area contributed by atoms with Gasteiger partial charge in [-0.25, -0.2) is 0 Å². The number of ether oxygens (including phenoxy) is 3. The fourth-order valence-corrected chi connectivity index (χ4v) is 1.95. The second-order valence-corrected chi connectivity index (χ2v) is 4.67. The third-order valence-electron chi connectivity index (χ3n) is 3.20. The molecule has 0 amide bonds. The van der Waals surface area contributed by atoms with E-state index in [2.05, 4.69) is 0 Å². The van der Waals surface area contributed by atoms with E-state index < -0.39 is 37.3 Å². The first kappa shape index (κ1) is 14.1. The van der Waals surface area contributed by atoms with E-state index in [1.165, 1.54) is 0 Å². The van der Waals surface area contributed by atoms with Crippen molar-refractivity contribution in [2.75, 3.05) is 19.8 Å². The minimum atomic E-state index is -1.38. The molecule has 7 heteroatoms. The first-order chi connectivity index (χ1) is 8.63. The van der Waals surface area contributed by atoms with Gasteiger partial charge in [0.05, 0.1) is 19.3 Å². The zero-order chi connectivity index (χ0) is 13.1. The highest BCUT2D eigenvalue weighted by atomic mass is 16.7. The van der Waals surface area contributed by atoms with Crippen LogP contribution in [0.1, 0.15) is 12.8 Å². The second-order valence-electron chi connectivity index (χ2n) is 4.67. The Morgan fingerprint density at radius 1 is 1.11 bits per heavy atom. The first-order valence-corrected chi connectivity index (χ1v) is 6.17. The van der Waals surface area contributed by atoms with E-state index in [0.29, 0.717) is 12.7 Å². The van der Waals surface area contributed by atoms with Crippen LogP contribution in [0, 0.1) is 0 Å². The molecule has 0 radical (unpaired) electrons. The Labute approximate surface area is 105 Å². The third kappa shape index (κ3) is 3.39. The van der Waals surface area contributed by atoms with Gasteiger partial charge in [-0.3, -0.25) is 0 Å². The molecule has 2 rings (SSSR count). The molecule has 0 bridgehead atoms. The van der Waals surface area contributed by atoms with E-state index in [4.69, 9.17) is 19.3 Å². The fraction of sp³-hybridized carbons (Fsp3) is 1.00. The lowest BCUT2D eigenvalue weighted by Gasteiger charge is -2.39. The lowest BCUT2D eigenvalue weighted by atomic mass is 9.99. The quantitative estimate of drug-likeness (QED) is 0.324. The number of aliphatic hydroxyl groups is 4. The molecule has 18 heavy (non-hydrogen) atoms. The van der Waals surface area contributed by atoms with Gasteiger partial charge in [-0.1, -0.05) is 0 Å². The van der Waals surface area contributed by atoms with Gasteiger partial charge in [0, 0.05) is 6.61 Å². The molecule has 2 aliphatic heterocycles. The van der Waals surface area contributed by atoms with E-state index in [1.807, 2.05) is 0 Å². The Morgan fingerprint density at radius 3 is 2.44 bits per heavy atom. The first-order valence-electron chi connectivity index (χ1n) is 6.17. The molecular weight excluding hydrogens is 244 g/mol. The largest absolute Gasteiger partial charge is 0.394 e. The normalized spacial score (nSPS) is 44.0. The van der Waals surface area contributed by atoms with Crippen LogP contribution in [0.25, 0.3) is 0 Å². The highest BCUT2D eigenvalue weighted by Crippen LogP contribution is 2.22. The van der Waals surface area contributed by atoms with Gasteiger partial charge in [-0.05, 0) is 12.8 Å². The monoisotopic (exact) mass is 264 g/mol. The van der Waals surface area contributed by atoms with Crippen molar-refractivity contribution in [3.63, 3.8) is 0 Å². The third-order valence-corrected chi connectivity index (χ3v) is 3.20. The summed E-state index contributed by atoms with van der Waals surface area (Å²) in [5.74, 6) is 0. The molecule has 2 fully saturated rings. The number of aliphatic hydroxyl groups excluding tert-OH is 4. The van der Waals surface area contributed by atoms with Crippen LogP contribution < -0.4 is 0 Å². The summed E-state index contributed by atoms with van der Waals surface area (Å²) in [5, 5.41) is 37.8. The van der Waals surface area contributed by atoms with Crippen LogP contribution in [0.15, 0.2) is 0 Å². The van der Waals surface area contributed by atoms with Crippen molar-refractivity contribution in [1.29, 1.82) is 0 Å². The lowest BCUT2D eigenvalue weighted by Crippen LogP contribution is -2.59. The van der Waals surface area contributed by atoms with Crippen molar-refractivity contribution >= 4 is 0 Å². The van der Waals surface area contributed by atoms with Crippen molar-refractivity contribution < 1.29 is 34.6 Å². The van der Waals surface area contributed by atoms with Crippen LogP contribution in [0.3, 0.4) is 0 Å². The molecular formula is C11H20O7. The van der Waals surface area contributed by atoms with Gasteiger partial charge in [0.1, 0.15) is 24.4 Å². The minimum absolute atomic E-state index is 0.323. The second kappa shape index (κ2) is 6.25. The molecule has 1 unspecified atom stereocenters. The molecule has 0 aromatic carbocycles. The van der Waals surface area contributed by atoms with Gasteiger partial charge in [0.15, 0.2) is 6.29 Å². The molecule has 0 spiro atoms. The Bertz CT molecular complexity index is 256. The summed E-state index contributed by atoms with van der Waals surface area (Å²) in [5.41, 5.74) is 0. The highest BCUT2D eigenvalue weighted by Gasteiger charge is 2.43. The Morgan fingerprint density at radius 2 is 1.83 bits per heavy atom. The molecule has 4 N–H and O–H groups in total. The summed E-state index contributed by atoms with van der Waals surface area (Å²) in [7, 11) is 0. The molecule has 7 nitrogen and oxygen atoms in total. The van der Waals surface area contributed by atoms with Gasteiger partial charge in [0.2, 0.25) is 0 Å². The molecule has 106 valence electrons. The van der Waals surface area contributed by atoms with Crippen LogP contribution in [-0.4, -0.2) is 77.1 Å². The van der Waals surface area contributed by atoms with Crippen molar-refractivity contribution in [3.8, 4) is 0 Å². The molecule has 0 saturated carbocycles. The van der Waals surface area contributed by atoms with Crippen LogP contribution in [0.4, 0.5) is 0 Å². The van der Waals surface area contributed by atoms with E-state index in [9.17, 15) is 15.3 Å². The molecule has 2 saturated heterocycles. The molecule has 2 aliphatic rings. The van der Waals surface area contributed by atoms with Crippen molar-refractivity contribution in [3.05, 3.63) is 0 Å². The van der Waals surface area contributed by atoms with Crippen LogP contribution in [0.2, 0.25) is 0 Å². The van der Waals surface area contributed by atoms with Crippen molar-refractivity contribution in [2.45, 2.75) is 49.7 Å². The predicted molar refractivity (Wildman–Crippen MR) is 58.7 cm³/mol. The summed E-state index contributed by atoms with van der Waals surface area (Å²) >= 11 is 0. The van der Waals surface area contributed by atoms with Gasteiger partial charge in [-0.15, -0.1) is 0 Å². The van der Waals surface area contributed by atoms with Crippen LogP contribution >= 0.6 is 0 Å². The average molecular weight is 264 g/mol. The van der Waals surface area contributed by atoms with Crippen molar-refractivity contribution in [2.24, 2.45) is 0 Å². The van der Waals surface area contributed by atoms with E-state index >= 15 is 0 Å². The summed E-state index contributed by atoms with van der Waals surface area (Å²) < 4.78 is 15.5. The maximum absolute atomic E-state index is 9.68.